The van der Waals surface area contributed by atoms with Gasteiger partial charge in [0.1, 0.15) is 0 Å². The van der Waals surface area contributed by atoms with Gasteiger partial charge in [-0.3, -0.25) is 0 Å². The molecule has 0 saturated heterocycles. The maximum atomic E-state index is 4.81. The molecule has 0 bridgehead atoms. The van der Waals surface area contributed by atoms with E-state index in [0.717, 1.165) is 9.79 Å². The van der Waals surface area contributed by atoms with Gasteiger partial charge in [-0.1, -0.05) is 60.7 Å². The van der Waals surface area contributed by atoms with Crippen molar-refractivity contribution in [3.63, 3.8) is 0 Å². The summed E-state index contributed by atoms with van der Waals surface area (Å²) in [5, 5.41) is 0. The summed E-state index contributed by atoms with van der Waals surface area (Å²) in [7, 11) is 0. The molecule has 0 N–H and O–H groups in total. The van der Waals surface area contributed by atoms with Crippen molar-refractivity contribution in [3.05, 3.63) is 60.7 Å². The van der Waals surface area contributed by atoms with Crippen LogP contribution in [0.2, 0.25) is 8.87 Å². The van der Waals surface area contributed by atoms with Crippen molar-refractivity contribution >= 4 is 46.4 Å². The van der Waals surface area contributed by atoms with Crippen molar-refractivity contribution < 1.29 is 0 Å². The normalized spacial score (nSPS) is 8.78. The maximum Gasteiger partial charge on any atom is -0.0624 e. The Hall–Kier alpha value is -0.321. The largest absolute Gasteiger partial charge is 0.780 e. The molecule has 0 aliphatic carbocycles. The number of benzene rings is 2. The monoisotopic (exact) mass is 452 g/mol. The molecule has 0 nitrogen and oxygen atoms in total. The van der Waals surface area contributed by atoms with Crippen molar-refractivity contribution in [2.45, 2.75) is 58.2 Å². The van der Waals surface area contributed by atoms with Crippen LogP contribution < -0.4 is 0 Å². The Kier molecular flexibility index (Phi) is 17.8. The van der Waals surface area contributed by atoms with Gasteiger partial charge in [0.05, 0.1) is 0 Å². The van der Waals surface area contributed by atoms with E-state index in [9.17, 15) is 0 Å². The molecule has 23 heavy (non-hydrogen) atoms. The second-order valence-electron chi connectivity index (χ2n) is 5.08. The summed E-state index contributed by atoms with van der Waals surface area (Å²) in [4.78, 5) is 1.81. The van der Waals surface area contributed by atoms with Crippen LogP contribution >= 0.6 is 0 Å². The fraction of sp³-hybridized carbons (Fsp3) is 0.400. The summed E-state index contributed by atoms with van der Waals surface area (Å²) in [5.74, 6) is 0. The molecule has 2 aromatic carbocycles. The first-order chi connectivity index (χ1) is 11.2. The molecule has 0 spiro atoms. The Bertz CT molecular complexity index is 402. The molecule has 0 radical (unpaired) electrons. The predicted octanol–water partition coefficient (Wildman–Crippen LogP) is 6.31. The molecule has 0 atom stereocenters. The van der Waals surface area contributed by atoms with E-state index in [2.05, 4.69) is 13.8 Å². The van der Waals surface area contributed by atoms with Crippen LogP contribution in [0.5, 0.6) is 0 Å². The molecule has 2 aromatic rings. The van der Waals surface area contributed by atoms with Crippen molar-refractivity contribution in [3.8, 4) is 0 Å². The fourth-order valence-electron chi connectivity index (χ4n) is 1.57. The molecule has 0 unspecified atom stereocenters. The summed E-state index contributed by atoms with van der Waals surface area (Å²) in [6.45, 7) is 4.58. The molecule has 0 saturated carbocycles. The quantitative estimate of drug-likeness (QED) is 0.287. The Morgan fingerprint density at radius 1 is 0.652 bits per heavy atom. The Balaban J connectivity index is 0.000000318. The van der Waals surface area contributed by atoms with Crippen LogP contribution in [0.15, 0.2) is 70.5 Å². The minimum absolute atomic E-state index is 0.149. The number of unbranched alkanes of at least 4 members (excludes halogenated alkanes) is 2. The number of rotatable bonds is 6. The molecule has 0 aliphatic rings. The van der Waals surface area contributed by atoms with E-state index < -0.39 is 0 Å². The SMILES string of the molecule is CCC[CH2][Sn+2][CH2]CCC.[S-]c1ccccc1.[S-]c1ccccc1. The van der Waals surface area contributed by atoms with Crippen LogP contribution in [-0.2, 0) is 25.3 Å². The first-order valence-corrected chi connectivity index (χ1v) is 13.2. The molecule has 0 aromatic heterocycles. The van der Waals surface area contributed by atoms with Crippen LogP contribution in [0.3, 0.4) is 0 Å². The summed E-state index contributed by atoms with van der Waals surface area (Å²) in [6, 6.07) is 19.2. The molecule has 2 rings (SSSR count). The van der Waals surface area contributed by atoms with E-state index >= 15 is 0 Å². The summed E-state index contributed by atoms with van der Waals surface area (Å²) < 4.78 is 3.25. The van der Waals surface area contributed by atoms with Gasteiger partial charge in [-0.25, -0.2) is 0 Å². The van der Waals surface area contributed by atoms with E-state index in [-0.39, 0.29) is 21.1 Å². The first kappa shape index (κ1) is 22.7. The van der Waals surface area contributed by atoms with Gasteiger partial charge in [0, 0.05) is 0 Å². The minimum Gasteiger partial charge on any atom is -0.780 e. The molecule has 0 aliphatic heterocycles. The molecular formula is C20H28S2Sn. The van der Waals surface area contributed by atoms with Crippen LogP contribution in [-0.4, -0.2) is 21.1 Å². The van der Waals surface area contributed by atoms with Crippen molar-refractivity contribution in [1.82, 2.24) is 0 Å². The summed E-state index contributed by atoms with van der Waals surface area (Å²) in [5.41, 5.74) is 0. The Labute approximate surface area is 164 Å². The second-order valence-corrected chi connectivity index (χ2v) is 10.3. The molecule has 124 valence electrons. The van der Waals surface area contributed by atoms with Crippen molar-refractivity contribution in [2.75, 3.05) is 0 Å². The third kappa shape index (κ3) is 17.9. The van der Waals surface area contributed by atoms with Crippen molar-refractivity contribution in [2.24, 2.45) is 0 Å². The van der Waals surface area contributed by atoms with Gasteiger partial charge in [0.2, 0.25) is 0 Å². The van der Waals surface area contributed by atoms with Crippen LogP contribution in [0.1, 0.15) is 39.5 Å². The standard InChI is InChI=1S/2C6H6S.2C4H9.Sn/c2*7-6-4-2-1-3-5-6;2*1-3-4-2;/h2*1-5,7H;2*1,3-4H2,2H3;/q;;;;+2/p-2. The van der Waals surface area contributed by atoms with Gasteiger partial charge in [-0.2, -0.15) is 9.79 Å². The van der Waals surface area contributed by atoms with Gasteiger partial charge >= 0.3 is 69.5 Å². The zero-order chi connectivity index (χ0) is 17.2. The third-order valence-electron chi connectivity index (χ3n) is 2.90. The maximum absolute atomic E-state index is 4.81. The molecule has 0 amide bonds. The van der Waals surface area contributed by atoms with Gasteiger partial charge in [-0.15, -0.1) is 0 Å². The third-order valence-corrected chi connectivity index (χ3v) is 7.48. The van der Waals surface area contributed by atoms with E-state index in [4.69, 9.17) is 25.3 Å². The Morgan fingerprint density at radius 2 is 1.00 bits per heavy atom. The van der Waals surface area contributed by atoms with Gasteiger partial charge in [0.25, 0.3) is 0 Å². The average molecular weight is 451 g/mol. The molecule has 0 heterocycles. The predicted molar refractivity (Wildman–Crippen MR) is 109 cm³/mol. The van der Waals surface area contributed by atoms with Crippen molar-refractivity contribution in [1.29, 1.82) is 0 Å². The van der Waals surface area contributed by atoms with Gasteiger partial charge in [0.15, 0.2) is 0 Å². The second kappa shape index (κ2) is 18.0. The number of hydrogen-bond acceptors (Lipinski definition) is 2. The van der Waals surface area contributed by atoms with Crippen LogP contribution in [0, 0.1) is 0 Å². The topological polar surface area (TPSA) is 0 Å². The smallest absolute Gasteiger partial charge is 0.0624 e. The summed E-state index contributed by atoms with van der Waals surface area (Å²) >= 11 is 9.77. The molecule has 0 fully saturated rings. The van der Waals surface area contributed by atoms with E-state index in [0.29, 0.717) is 0 Å². The first-order valence-electron chi connectivity index (χ1n) is 8.35. The van der Waals surface area contributed by atoms with Gasteiger partial charge in [-0.05, 0) is 0 Å². The van der Waals surface area contributed by atoms with Crippen LogP contribution in [0.25, 0.3) is 0 Å². The Morgan fingerprint density at radius 3 is 1.22 bits per heavy atom. The fourth-order valence-corrected chi connectivity index (χ4v) is 6.04. The number of hydrogen-bond donors (Lipinski definition) is 0. The van der Waals surface area contributed by atoms with E-state index in [1.54, 1.807) is 8.87 Å². The minimum atomic E-state index is 0.149. The van der Waals surface area contributed by atoms with Gasteiger partial charge < -0.3 is 25.3 Å². The zero-order valence-corrected chi connectivity index (χ0v) is 18.8. The van der Waals surface area contributed by atoms with E-state index in [1.807, 2.05) is 60.7 Å². The average Bonchev–Trinajstić information content (AvgIpc) is 2.57. The van der Waals surface area contributed by atoms with E-state index in [1.165, 1.54) is 25.7 Å². The molecule has 3 heteroatoms. The van der Waals surface area contributed by atoms with Crippen LogP contribution in [0.4, 0.5) is 0 Å². The summed E-state index contributed by atoms with van der Waals surface area (Å²) in [6.07, 6.45) is 5.84. The zero-order valence-electron chi connectivity index (χ0n) is 14.3. The molecular weight excluding hydrogens is 423 g/mol.